The molecule has 0 bridgehead atoms. The van der Waals surface area contributed by atoms with Gasteiger partial charge in [-0.15, -0.1) is 0 Å². The van der Waals surface area contributed by atoms with Crippen LogP contribution in [-0.4, -0.2) is 25.7 Å². The standard InChI is InChI=1S/C20H21NO3/c1-3-23-18-12-10-17(11-13-18)20(22)21-14-6-7-15-24-19-9-5-4-8-16(19)2/h4-5,8-13H,3,14-15H2,1-2H3,(H,21,22). The molecule has 1 N–H and O–H groups in total. The highest BCUT2D eigenvalue weighted by molar-refractivity contribution is 5.94. The van der Waals surface area contributed by atoms with E-state index >= 15 is 0 Å². The second-order valence-corrected chi connectivity index (χ2v) is 5.05. The van der Waals surface area contributed by atoms with Crippen molar-refractivity contribution in [3.8, 4) is 23.3 Å². The van der Waals surface area contributed by atoms with Crippen LogP contribution >= 0.6 is 0 Å². The van der Waals surface area contributed by atoms with Gasteiger partial charge in [0.15, 0.2) is 0 Å². The number of ether oxygens (including phenoxy) is 2. The van der Waals surface area contributed by atoms with Gasteiger partial charge in [0.25, 0.3) is 5.91 Å². The van der Waals surface area contributed by atoms with Crippen molar-refractivity contribution >= 4 is 5.91 Å². The van der Waals surface area contributed by atoms with Crippen LogP contribution in [0.2, 0.25) is 0 Å². The van der Waals surface area contributed by atoms with Gasteiger partial charge in [-0.25, -0.2) is 0 Å². The van der Waals surface area contributed by atoms with Crippen molar-refractivity contribution in [2.45, 2.75) is 13.8 Å². The molecule has 0 saturated carbocycles. The van der Waals surface area contributed by atoms with Gasteiger partial charge < -0.3 is 14.8 Å². The minimum atomic E-state index is -0.160. The van der Waals surface area contributed by atoms with E-state index in [1.165, 1.54) is 0 Å². The molecule has 4 nitrogen and oxygen atoms in total. The lowest BCUT2D eigenvalue weighted by atomic mass is 10.2. The Bertz CT molecular complexity index is 727. The third-order valence-electron chi connectivity index (χ3n) is 3.28. The molecular formula is C20H21NO3. The van der Waals surface area contributed by atoms with E-state index in [1.54, 1.807) is 24.3 Å². The summed E-state index contributed by atoms with van der Waals surface area (Å²) in [5.74, 6) is 7.18. The Morgan fingerprint density at radius 1 is 1.04 bits per heavy atom. The lowest BCUT2D eigenvalue weighted by molar-refractivity contribution is 0.0958. The summed E-state index contributed by atoms with van der Waals surface area (Å²) in [6, 6.07) is 14.8. The Hall–Kier alpha value is -2.93. The summed E-state index contributed by atoms with van der Waals surface area (Å²) in [7, 11) is 0. The van der Waals surface area contributed by atoms with Gasteiger partial charge in [0.1, 0.15) is 18.1 Å². The third kappa shape index (κ3) is 5.36. The van der Waals surface area contributed by atoms with E-state index < -0.39 is 0 Å². The van der Waals surface area contributed by atoms with E-state index in [0.29, 0.717) is 18.8 Å². The van der Waals surface area contributed by atoms with Crippen LogP contribution in [0.1, 0.15) is 22.8 Å². The highest BCUT2D eigenvalue weighted by Crippen LogP contribution is 2.15. The number of benzene rings is 2. The van der Waals surface area contributed by atoms with Crippen LogP contribution in [0.4, 0.5) is 0 Å². The highest BCUT2D eigenvalue weighted by atomic mass is 16.5. The van der Waals surface area contributed by atoms with E-state index in [0.717, 1.165) is 17.1 Å². The van der Waals surface area contributed by atoms with Crippen LogP contribution in [-0.2, 0) is 0 Å². The molecule has 4 heteroatoms. The van der Waals surface area contributed by atoms with Gasteiger partial charge in [0, 0.05) is 5.56 Å². The SMILES string of the molecule is CCOc1ccc(C(=O)NCC#CCOc2ccccc2C)cc1. The average Bonchev–Trinajstić information content (AvgIpc) is 2.60. The molecular weight excluding hydrogens is 302 g/mol. The third-order valence-corrected chi connectivity index (χ3v) is 3.28. The summed E-state index contributed by atoms with van der Waals surface area (Å²) < 4.78 is 10.9. The number of nitrogens with one attached hydrogen (secondary N) is 1. The van der Waals surface area contributed by atoms with Crippen molar-refractivity contribution in [2.24, 2.45) is 0 Å². The molecule has 24 heavy (non-hydrogen) atoms. The lowest BCUT2D eigenvalue weighted by Crippen LogP contribution is -2.23. The zero-order valence-electron chi connectivity index (χ0n) is 14.0. The fraction of sp³-hybridized carbons (Fsp3) is 0.250. The largest absolute Gasteiger partial charge is 0.494 e. The van der Waals surface area contributed by atoms with Gasteiger partial charge in [0.2, 0.25) is 0 Å². The second-order valence-electron chi connectivity index (χ2n) is 5.05. The Kier molecular flexibility index (Phi) is 6.73. The van der Waals surface area contributed by atoms with Crippen LogP contribution in [0.15, 0.2) is 48.5 Å². The molecule has 0 aromatic heterocycles. The van der Waals surface area contributed by atoms with Gasteiger partial charge in [-0.3, -0.25) is 4.79 Å². The number of carbonyl (C=O) groups excluding carboxylic acids is 1. The number of amides is 1. The summed E-state index contributed by atoms with van der Waals surface area (Å²) in [5.41, 5.74) is 1.65. The number of rotatable bonds is 6. The monoisotopic (exact) mass is 323 g/mol. The molecule has 0 fully saturated rings. The summed E-state index contributed by atoms with van der Waals surface area (Å²) >= 11 is 0. The minimum Gasteiger partial charge on any atom is -0.494 e. The maximum absolute atomic E-state index is 12.0. The van der Waals surface area contributed by atoms with Crippen molar-refractivity contribution in [1.82, 2.24) is 5.32 Å². The molecule has 0 heterocycles. The molecule has 1 amide bonds. The molecule has 0 radical (unpaired) electrons. The van der Waals surface area contributed by atoms with E-state index in [9.17, 15) is 4.79 Å². The number of hydrogen-bond donors (Lipinski definition) is 1. The molecule has 2 aromatic carbocycles. The van der Waals surface area contributed by atoms with Crippen molar-refractivity contribution in [1.29, 1.82) is 0 Å². The average molecular weight is 323 g/mol. The van der Waals surface area contributed by atoms with Gasteiger partial charge in [0.05, 0.1) is 13.2 Å². The van der Waals surface area contributed by atoms with Crippen LogP contribution in [0.5, 0.6) is 11.5 Å². The van der Waals surface area contributed by atoms with E-state index in [1.807, 2.05) is 38.1 Å². The fourth-order valence-electron chi connectivity index (χ4n) is 2.04. The Morgan fingerprint density at radius 3 is 2.50 bits per heavy atom. The van der Waals surface area contributed by atoms with Crippen LogP contribution in [0, 0.1) is 18.8 Å². The topological polar surface area (TPSA) is 47.6 Å². The van der Waals surface area contributed by atoms with E-state index in [-0.39, 0.29) is 12.5 Å². The minimum absolute atomic E-state index is 0.160. The first-order valence-electron chi connectivity index (χ1n) is 7.86. The van der Waals surface area contributed by atoms with E-state index in [2.05, 4.69) is 17.2 Å². The second kappa shape index (κ2) is 9.26. The van der Waals surface area contributed by atoms with Gasteiger partial charge >= 0.3 is 0 Å². The molecule has 0 aliphatic carbocycles. The van der Waals surface area contributed by atoms with Crippen LogP contribution < -0.4 is 14.8 Å². The first-order valence-corrected chi connectivity index (χ1v) is 7.86. The highest BCUT2D eigenvalue weighted by Gasteiger charge is 2.03. The van der Waals surface area contributed by atoms with Crippen molar-refractivity contribution < 1.29 is 14.3 Å². The van der Waals surface area contributed by atoms with Crippen LogP contribution in [0.3, 0.4) is 0 Å². The van der Waals surface area contributed by atoms with Crippen LogP contribution in [0.25, 0.3) is 0 Å². The quantitative estimate of drug-likeness (QED) is 0.831. The van der Waals surface area contributed by atoms with Gasteiger partial charge in [-0.05, 0) is 49.7 Å². The summed E-state index contributed by atoms with van der Waals surface area (Å²) in [6.07, 6.45) is 0. The number of carbonyl (C=O) groups is 1. The number of hydrogen-bond acceptors (Lipinski definition) is 3. The molecule has 0 spiro atoms. The van der Waals surface area contributed by atoms with Crippen molar-refractivity contribution in [2.75, 3.05) is 19.8 Å². The summed E-state index contributed by atoms with van der Waals surface area (Å²) in [4.78, 5) is 12.0. The zero-order chi connectivity index (χ0) is 17.2. The molecule has 0 saturated heterocycles. The number of aryl methyl sites for hydroxylation is 1. The molecule has 0 aliphatic heterocycles. The molecule has 0 atom stereocenters. The lowest BCUT2D eigenvalue weighted by Gasteiger charge is -2.05. The van der Waals surface area contributed by atoms with Crippen molar-refractivity contribution in [3.05, 3.63) is 59.7 Å². The molecule has 124 valence electrons. The molecule has 2 rings (SSSR count). The van der Waals surface area contributed by atoms with E-state index in [4.69, 9.17) is 9.47 Å². The normalized spacial score (nSPS) is 9.58. The number of para-hydroxylation sites is 1. The van der Waals surface area contributed by atoms with Crippen molar-refractivity contribution in [3.63, 3.8) is 0 Å². The van der Waals surface area contributed by atoms with Gasteiger partial charge in [-0.2, -0.15) is 0 Å². The Morgan fingerprint density at radius 2 is 1.79 bits per heavy atom. The fourth-order valence-corrected chi connectivity index (χ4v) is 2.04. The smallest absolute Gasteiger partial charge is 0.252 e. The predicted octanol–water partition coefficient (Wildman–Crippen LogP) is 3.21. The van der Waals surface area contributed by atoms with Gasteiger partial charge in [-0.1, -0.05) is 30.0 Å². The molecule has 2 aromatic rings. The first kappa shape index (κ1) is 17.4. The molecule has 0 unspecified atom stereocenters. The summed E-state index contributed by atoms with van der Waals surface area (Å²) in [5, 5.41) is 2.75. The first-order chi connectivity index (χ1) is 11.7. The maximum Gasteiger partial charge on any atom is 0.252 e. The molecule has 0 aliphatic rings. The predicted molar refractivity (Wildman–Crippen MR) is 94.4 cm³/mol. The Labute approximate surface area is 142 Å². The Balaban J connectivity index is 1.74. The maximum atomic E-state index is 12.0. The summed E-state index contributed by atoms with van der Waals surface area (Å²) in [6.45, 7) is 5.08. The zero-order valence-corrected chi connectivity index (χ0v) is 14.0.